The first-order chi connectivity index (χ1) is 11.0. The second kappa shape index (κ2) is 10.3. The zero-order valence-electron chi connectivity index (χ0n) is 13.3. The summed E-state index contributed by atoms with van der Waals surface area (Å²) in [5.41, 5.74) is 0.760. The Morgan fingerprint density at radius 2 is 2.13 bits per heavy atom. The maximum Gasteiger partial charge on any atom is 0.328 e. The molecule has 0 saturated carbocycles. The van der Waals surface area contributed by atoms with Gasteiger partial charge >= 0.3 is 5.97 Å². The van der Waals surface area contributed by atoms with Gasteiger partial charge in [-0.25, -0.2) is 4.79 Å². The molecule has 0 saturated heterocycles. The maximum atomic E-state index is 12.0. The van der Waals surface area contributed by atoms with E-state index in [1.807, 2.05) is 18.4 Å². The van der Waals surface area contributed by atoms with Gasteiger partial charge in [-0.15, -0.1) is 0 Å². The van der Waals surface area contributed by atoms with Gasteiger partial charge in [-0.2, -0.15) is 11.8 Å². The Hall–Kier alpha value is -1.47. The molecule has 0 radical (unpaired) electrons. The molecule has 0 aliphatic carbocycles. The quantitative estimate of drug-likeness (QED) is 0.535. The summed E-state index contributed by atoms with van der Waals surface area (Å²) in [5.74, 6) is 0.608. The molecule has 0 unspecified atom stereocenters. The van der Waals surface area contributed by atoms with Crippen molar-refractivity contribution in [3.8, 4) is 5.75 Å². The van der Waals surface area contributed by atoms with Gasteiger partial charge < -0.3 is 14.8 Å². The van der Waals surface area contributed by atoms with Crippen molar-refractivity contribution in [2.24, 2.45) is 0 Å². The first-order valence-electron chi connectivity index (χ1n) is 6.90. The van der Waals surface area contributed by atoms with Crippen LogP contribution >= 0.6 is 27.7 Å². The molecule has 7 heteroatoms. The van der Waals surface area contributed by atoms with Crippen molar-refractivity contribution < 1.29 is 19.1 Å². The van der Waals surface area contributed by atoms with Crippen molar-refractivity contribution in [1.29, 1.82) is 0 Å². The van der Waals surface area contributed by atoms with Crippen LogP contribution in [0.1, 0.15) is 12.0 Å². The summed E-state index contributed by atoms with van der Waals surface area (Å²) in [6.07, 6.45) is 5.48. The highest BCUT2D eigenvalue weighted by Gasteiger charge is 2.19. The maximum absolute atomic E-state index is 12.0. The third-order valence-electron chi connectivity index (χ3n) is 3.02. The van der Waals surface area contributed by atoms with Gasteiger partial charge in [-0.3, -0.25) is 4.79 Å². The average Bonchev–Trinajstić information content (AvgIpc) is 2.56. The third-order valence-corrected chi connectivity index (χ3v) is 4.16. The first kappa shape index (κ1) is 19.6. The highest BCUT2D eigenvalue weighted by Crippen LogP contribution is 2.24. The topological polar surface area (TPSA) is 64.6 Å². The fraction of sp³-hybridized carbons (Fsp3) is 0.375. The van der Waals surface area contributed by atoms with Crippen molar-refractivity contribution in [3.63, 3.8) is 0 Å². The Labute approximate surface area is 148 Å². The summed E-state index contributed by atoms with van der Waals surface area (Å²) in [4.78, 5) is 23.7. The van der Waals surface area contributed by atoms with Crippen LogP contribution in [0.3, 0.4) is 0 Å². The smallest absolute Gasteiger partial charge is 0.328 e. The van der Waals surface area contributed by atoms with Crippen LogP contribution in [0.15, 0.2) is 28.7 Å². The predicted molar refractivity (Wildman–Crippen MR) is 96.7 cm³/mol. The third kappa shape index (κ3) is 6.66. The molecular weight excluding hydrogens is 382 g/mol. The fourth-order valence-corrected chi connectivity index (χ4v) is 2.70. The summed E-state index contributed by atoms with van der Waals surface area (Å²) >= 11 is 4.98. The second-order valence-corrected chi connectivity index (χ2v) is 6.49. The zero-order valence-corrected chi connectivity index (χ0v) is 15.7. The molecular formula is C16H20BrNO4S. The number of carbonyl (C=O) groups is 2. The van der Waals surface area contributed by atoms with Crippen LogP contribution in [0.4, 0.5) is 0 Å². The number of thioether (sulfide) groups is 1. The number of halogens is 1. The summed E-state index contributed by atoms with van der Waals surface area (Å²) in [6.45, 7) is 0. The van der Waals surface area contributed by atoms with E-state index >= 15 is 0 Å². The summed E-state index contributed by atoms with van der Waals surface area (Å²) < 4.78 is 10.8. The Bertz CT molecular complexity index is 577. The lowest BCUT2D eigenvalue weighted by atomic mass is 10.2. The highest BCUT2D eigenvalue weighted by atomic mass is 79.9. The van der Waals surface area contributed by atoms with E-state index in [1.54, 1.807) is 31.0 Å². The number of benzene rings is 1. The molecule has 0 fully saturated rings. The normalized spacial score (nSPS) is 12.0. The van der Waals surface area contributed by atoms with Crippen LogP contribution in [0.2, 0.25) is 0 Å². The zero-order chi connectivity index (χ0) is 17.2. The number of methoxy groups -OCH3 is 2. The van der Waals surface area contributed by atoms with E-state index in [-0.39, 0.29) is 5.91 Å². The van der Waals surface area contributed by atoms with Gasteiger partial charge in [0.05, 0.1) is 14.2 Å². The number of ether oxygens (including phenoxy) is 2. The van der Waals surface area contributed by atoms with Crippen LogP contribution in [0.25, 0.3) is 6.08 Å². The minimum Gasteiger partial charge on any atom is -0.496 e. The molecule has 0 spiro atoms. The van der Waals surface area contributed by atoms with Gasteiger partial charge in [0.2, 0.25) is 5.91 Å². The minimum absolute atomic E-state index is 0.358. The molecule has 126 valence electrons. The molecule has 1 aromatic carbocycles. The van der Waals surface area contributed by atoms with E-state index in [0.717, 1.165) is 15.8 Å². The molecule has 1 amide bonds. The Kier molecular flexibility index (Phi) is 8.79. The van der Waals surface area contributed by atoms with E-state index in [9.17, 15) is 9.59 Å². The summed E-state index contributed by atoms with van der Waals surface area (Å²) in [6, 6.07) is 4.85. The van der Waals surface area contributed by atoms with E-state index in [1.165, 1.54) is 13.2 Å². The summed E-state index contributed by atoms with van der Waals surface area (Å²) in [5, 5.41) is 2.66. The molecule has 23 heavy (non-hydrogen) atoms. The van der Waals surface area contributed by atoms with E-state index in [0.29, 0.717) is 12.2 Å². The molecule has 1 rings (SSSR count). The van der Waals surface area contributed by atoms with E-state index < -0.39 is 12.0 Å². The van der Waals surface area contributed by atoms with Crippen molar-refractivity contribution >= 4 is 45.6 Å². The van der Waals surface area contributed by atoms with Crippen molar-refractivity contribution in [1.82, 2.24) is 5.32 Å². The number of rotatable bonds is 8. The van der Waals surface area contributed by atoms with Gasteiger partial charge in [0.1, 0.15) is 11.8 Å². The largest absolute Gasteiger partial charge is 0.496 e. The predicted octanol–water partition coefficient (Wildman–Crippen LogP) is 2.88. The SMILES string of the molecule is COC(=O)[C@@H](CCSC)NC(=O)/C=C/c1cc(Br)ccc1OC. The lowest BCUT2D eigenvalue weighted by molar-refractivity contribution is -0.144. The molecule has 1 N–H and O–H groups in total. The average molecular weight is 402 g/mol. The van der Waals surface area contributed by atoms with Crippen LogP contribution in [0, 0.1) is 0 Å². The monoisotopic (exact) mass is 401 g/mol. The number of esters is 1. The first-order valence-corrected chi connectivity index (χ1v) is 9.09. The van der Waals surface area contributed by atoms with Crippen LogP contribution in [0.5, 0.6) is 5.75 Å². The standard InChI is InChI=1S/C16H20BrNO4S/c1-21-14-6-5-12(17)10-11(14)4-7-15(19)18-13(8-9-23-3)16(20)22-2/h4-7,10,13H,8-9H2,1-3H3,(H,18,19)/b7-4+/t13-/m1/s1. The highest BCUT2D eigenvalue weighted by molar-refractivity contribution is 9.10. The molecule has 5 nitrogen and oxygen atoms in total. The Morgan fingerprint density at radius 3 is 2.74 bits per heavy atom. The number of amides is 1. The van der Waals surface area contributed by atoms with Crippen LogP contribution in [-0.4, -0.2) is 44.1 Å². The second-order valence-electron chi connectivity index (χ2n) is 4.59. The van der Waals surface area contributed by atoms with Gasteiger partial charge in [0.25, 0.3) is 0 Å². The van der Waals surface area contributed by atoms with Gasteiger partial charge in [0.15, 0.2) is 0 Å². The number of hydrogen-bond acceptors (Lipinski definition) is 5. The molecule has 0 heterocycles. The molecule has 0 aliphatic rings. The Morgan fingerprint density at radius 1 is 1.39 bits per heavy atom. The fourth-order valence-electron chi connectivity index (χ4n) is 1.85. The number of nitrogens with one attached hydrogen (secondary N) is 1. The van der Waals surface area contributed by atoms with Gasteiger partial charge in [0, 0.05) is 16.1 Å². The molecule has 1 aromatic rings. The van der Waals surface area contributed by atoms with Crippen LogP contribution in [-0.2, 0) is 14.3 Å². The lowest BCUT2D eigenvalue weighted by Gasteiger charge is -2.14. The van der Waals surface area contributed by atoms with Crippen molar-refractivity contribution in [2.75, 3.05) is 26.2 Å². The molecule has 0 aliphatic heterocycles. The molecule has 0 aromatic heterocycles. The van der Waals surface area contributed by atoms with Crippen molar-refractivity contribution in [2.45, 2.75) is 12.5 Å². The van der Waals surface area contributed by atoms with Gasteiger partial charge in [-0.1, -0.05) is 15.9 Å². The Balaban J connectivity index is 2.77. The minimum atomic E-state index is -0.644. The molecule has 1 atom stereocenters. The van der Waals surface area contributed by atoms with Gasteiger partial charge in [-0.05, 0) is 42.7 Å². The number of carbonyl (C=O) groups excluding carboxylic acids is 2. The van der Waals surface area contributed by atoms with E-state index in [2.05, 4.69) is 21.2 Å². The van der Waals surface area contributed by atoms with Crippen molar-refractivity contribution in [3.05, 3.63) is 34.3 Å². The lowest BCUT2D eigenvalue weighted by Crippen LogP contribution is -2.41. The summed E-state index contributed by atoms with van der Waals surface area (Å²) in [7, 11) is 2.87. The molecule has 0 bridgehead atoms. The number of hydrogen-bond donors (Lipinski definition) is 1. The van der Waals surface area contributed by atoms with E-state index in [4.69, 9.17) is 9.47 Å². The van der Waals surface area contributed by atoms with Crippen LogP contribution < -0.4 is 10.1 Å².